The summed E-state index contributed by atoms with van der Waals surface area (Å²) in [5.74, 6) is 9.90. The SMILES string of the molecule is C=C(CCC1CCC2C(C1)CC1C3CCC4C(C)(C)C(C(C)C5CCCN(C(CC)CC)C5)CCC45CC35CCC21C)C1CC1.CC. The van der Waals surface area contributed by atoms with Crippen molar-refractivity contribution in [1.29, 1.82) is 0 Å². The number of rotatable bonds is 9. The van der Waals surface area contributed by atoms with Crippen molar-refractivity contribution in [3.8, 4) is 0 Å². The Morgan fingerprint density at radius 3 is 2.28 bits per heavy atom. The molecule has 0 bridgehead atoms. The fourth-order valence-corrected chi connectivity index (χ4v) is 16.2. The average molecular weight is 646 g/mol. The molecule has 0 radical (unpaired) electrons. The highest BCUT2D eigenvalue weighted by atomic mass is 15.2. The van der Waals surface area contributed by atoms with E-state index in [0.717, 1.165) is 76.1 Å². The third-order valence-corrected chi connectivity index (χ3v) is 18.7. The maximum Gasteiger partial charge on any atom is 0.00901 e. The highest BCUT2D eigenvalue weighted by Gasteiger charge is 2.80. The summed E-state index contributed by atoms with van der Waals surface area (Å²) in [5, 5.41) is 0. The second kappa shape index (κ2) is 13.0. The Hall–Kier alpha value is -0.300. The van der Waals surface area contributed by atoms with Gasteiger partial charge in [-0.15, -0.1) is 0 Å². The first-order valence-electron chi connectivity index (χ1n) is 22.0. The van der Waals surface area contributed by atoms with Crippen molar-refractivity contribution in [2.75, 3.05) is 13.1 Å². The van der Waals surface area contributed by atoms with Gasteiger partial charge in [-0.25, -0.2) is 0 Å². The van der Waals surface area contributed by atoms with E-state index in [1.54, 1.807) is 69.8 Å². The van der Waals surface area contributed by atoms with Crippen LogP contribution in [0.5, 0.6) is 0 Å². The lowest BCUT2D eigenvalue weighted by molar-refractivity contribution is -0.125. The van der Waals surface area contributed by atoms with Gasteiger partial charge in [-0.3, -0.25) is 0 Å². The van der Waals surface area contributed by atoms with E-state index in [1.165, 1.54) is 70.9 Å². The molecular formula is C46H79N. The smallest absolute Gasteiger partial charge is 0.00901 e. The summed E-state index contributed by atoms with van der Waals surface area (Å²) in [6.07, 6.45) is 28.7. The van der Waals surface area contributed by atoms with Gasteiger partial charge in [-0.05, 0) is 203 Å². The molecule has 1 heterocycles. The van der Waals surface area contributed by atoms with E-state index in [1.807, 2.05) is 13.8 Å². The van der Waals surface area contributed by atoms with E-state index in [2.05, 4.69) is 53.0 Å². The fraction of sp³-hybridized carbons (Fsp3) is 0.957. The van der Waals surface area contributed by atoms with Gasteiger partial charge in [0.2, 0.25) is 0 Å². The summed E-state index contributed by atoms with van der Waals surface area (Å²) < 4.78 is 0. The van der Waals surface area contributed by atoms with Crippen molar-refractivity contribution in [3.63, 3.8) is 0 Å². The Morgan fingerprint density at radius 1 is 0.809 bits per heavy atom. The van der Waals surface area contributed by atoms with E-state index < -0.39 is 0 Å². The van der Waals surface area contributed by atoms with Crippen molar-refractivity contribution in [2.45, 2.75) is 183 Å². The Morgan fingerprint density at radius 2 is 1.55 bits per heavy atom. The van der Waals surface area contributed by atoms with E-state index >= 15 is 0 Å². The van der Waals surface area contributed by atoms with Crippen LogP contribution in [0.3, 0.4) is 0 Å². The van der Waals surface area contributed by atoms with E-state index in [0.29, 0.717) is 10.8 Å². The van der Waals surface area contributed by atoms with Crippen LogP contribution in [0.2, 0.25) is 0 Å². The zero-order valence-corrected chi connectivity index (χ0v) is 32.9. The fourth-order valence-electron chi connectivity index (χ4n) is 16.2. The number of fused-ring (bicyclic) bond motifs is 4. The second-order valence-corrected chi connectivity index (χ2v) is 20.3. The Bertz CT molecular complexity index is 1110. The Kier molecular flexibility index (Phi) is 9.74. The molecule has 7 saturated carbocycles. The summed E-state index contributed by atoms with van der Waals surface area (Å²) >= 11 is 0. The van der Waals surface area contributed by atoms with Crippen LogP contribution in [0.15, 0.2) is 12.2 Å². The minimum absolute atomic E-state index is 0.519. The third kappa shape index (κ3) is 5.52. The monoisotopic (exact) mass is 646 g/mol. The quantitative estimate of drug-likeness (QED) is 0.226. The molecular weight excluding hydrogens is 567 g/mol. The molecule has 8 aliphatic rings. The zero-order chi connectivity index (χ0) is 33.4. The first-order valence-corrected chi connectivity index (χ1v) is 22.0. The highest BCUT2D eigenvalue weighted by Crippen LogP contribution is 2.88. The van der Waals surface area contributed by atoms with E-state index in [-0.39, 0.29) is 0 Å². The normalized spacial score (nSPS) is 47.3. The average Bonchev–Trinajstić information content (AvgIpc) is 4.00. The standard InChI is InChI=1S/C44H73N.C2H6/c1-8-35(9-2)45-24-10-11-33(27-45)30(4)36-20-21-44-28-43(44)23-22-42(7)37-17-14-31(13-12-29(3)32-15-16-32)25-34(37)26-39(42)38(43)18-19-40(44)41(36,5)6;1-2/h30-40H,3,8-28H2,1-2,4-7H3;1-2H3. The van der Waals surface area contributed by atoms with Gasteiger partial charge >= 0.3 is 0 Å². The highest BCUT2D eigenvalue weighted by molar-refractivity contribution is 5.29. The molecule has 1 nitrogen and oxygen atoms in total. The molecule has 0 aromatic heterocycles. The van der Waals surface area contributed by atoms with Crippen LogP contribution in [-0.2, 0) is 0 Å². The Labute approximate surface area is 293 Å². The van der Waals surface area contributed by atoms with Crippen LogP contribution in [0.25, 0.3) is 0 Å². The number of nitrogens with zero attached hydrogens (tertiary/aromatic N) is 1. The van der Waals surface area contributed by atoms with Crippen LogP contribution in [0, 0.1) is 80.8 Å². The van der Waals surface area contributed by atoms with Crippen molar-refractivity contribution in [2.24, 2.45) is 80.8 Å². The number of likely N-dealkylation sites (tertiary alicyclic amines) is 1. The summed E-state index contributed by atoms with van der Waals surface area (Å²) in [6, 6.07) is 0.818. The van der Waals surface area contributed by atoms with Gasteiger partial charge in [0, 0.05) is 12.6 Å². The van der Waals surface area contributed by atoms with Gasteiger partial charge in [-0.2, -0.15) is 0 Å². The summed E-state index contributed by atoms with van der Waals surface area (Å²) in [4.78, 5) is 2.91. The molecule has 47 heavy (non-hydrogen) atoms. The van der Waals surface area contributed by atoms with Crippen molar-refractivity contribution in [1.82, 2.24) is 4.90 Å². The molecule has 7 aliphatic carbocycles. The number of allylic oxidation sites excluding steroid dienone is 1. The maximum absolute atomic E-state index is 4.49. The second-order valence-electron chi connectivity index (χ2n) is 20.3. The first kappa shape index (κ1) is 35.1. The molecule has 2 spiro atoms. The summed E-state index contributed by atoms with van der Waals surface area (Å²) in [5.41, 5.74) is 4.27. The minimum Gasteiger partial charge on any atom is -0.300 e. The lowest BCUT2D eigenvalue weighted by Crippen LogP contribution is -2.54. The largest absolute Gasteiger partial charge is 0.300 e. The van der Waals surface area contributed by atoms with Gasteiger partial charge in [0.25, 0.3) is 0 Å². The van der Waals surface area contributed by atoms with E-state index in [4.69, 9.17) is 0 Å². The first-order chi connectivity index (χ1) is 22.6. The molecule has 1 heteroatoms. The van der Waals surface area contributed by atoms with Crippen molar-refractivity contribution >= 4 is 0 Å². The van der Waals surface area contributed by atoms with Crippen LogP contribution < -0.4 is 0 Å². The molecule has 0 N–H and O–H groups in total. The Balaban J connectivity index is 0.00000172. The number of hydrogen-bond donors (Lipinski definition) is 0. The zero-order valence-electron chi connectivity index (χ0n) is 32.9. The molecule has 0 aromatic rings. The van der Waals surface area contributed by atoms with Gasteiger partial charge in [0.05, 0.1) is 0 Å². The van der Waals surface area contributed by atoms with Crippen LogP contribution in [0.4, 0.5) is 0 Å². The van der Waals surface area contributed by atoms with Crippen molar-refractivity contribution < 1.29 is 0 Å². The van der Waals surface area contributed by atoms with Crippen molar-refractivity contribution in [3.05, 3.63) is 12.2 Å². The van der Waals surface area contributed by atoms with Gasteiger partial charge < -0.3 is 4.90 Å². The van der Waals surface area contributed by atoms with Gasteiger partial charge in [-0.1, -0.05) is 74.0 Å². The molecule has 12 unspecified atom stereocenters. The molecule has 8 rings (SSSR count). The number of piperidine rings is 1. The molecule has 0 aromatic carbocycles. The summed E-state index contributed by atoms with van der Waals surface area (Å²) in [6.45, 7) is 27.2. The minimum atomic E-state index is 0.519. The number of hydrogen-bond acceptors (Lipinski definition) is 1. The lowest BCUT2D eigenvalue weighted by atomic mass is 9.44. The van der Waals surface area contributed by atoms with E-state index in [9.17, 15) is 0 Å². The molecule has 1 aliphatic heterocycles. The summed E-state index contributed by atoms with van der Waals surface area (Å²) in [7, 11) is 0. The molecule has 0 amide bonds. The lowest BCUT2D eigenvalue weighted by Gasteiger charge is -2.61. The van der Waals surface area contributed by atoms with Gasteiger partial charge in [0.1, 0.15) is 0 Å². The molecule has 12 atom stereocenters. The van der Waals surface area contributed by atoms with Crippen LogP contribution in [-0.4, -0.2) is 24.0 Å². The molecule has 8 fully saturated rings. The predicted molar refractivity (Wildman–Crippen MR) is 202 cm³/mol. The maximum atomic E-state index is 4.49. The molecule has 1 saturated heterocycles. The topological polar surface area (TPSA) is 3.24 Å². The molecule has 268 valence electrons. The third-order valence-electron chi connectivity index (χ3n) is 18.7. The van der Waals surface area contributed by atoms with Gasteiger partial charge in [0.15, 0.2) is 0 Å². The van der Waals surface area contributed by atoms with Crippen LogP contribution in [0.1, 0.15) is 177 Å². The van der Waals surface area contributed by atoms with Crippen LogP contribution >= 0.6 is 0 Å². The predicted octanol–water partition coefficient (Wildman–Crippen LogP) is 13.0.